The third kappa shape index (κ3) is 4.22. The quantitative estimate of drug-likeness (QED) is 0.349. The molecule has 0 fully saturated rings. The highest BCUT2D eigenvalue weighted by molar-refractivity contribution is 7.07. The van der Waals surface area contributed by atoms with Crippen molar-refractivity contribution in [3.8, 4) is 0 Å². The number of aromatic nitrogens is 1. The largest absolute Gasteiger partial charge is 0.465 e. The average Bonchev–Trinajstić information content (AvgIpc) is 3.42. The summed E-state index contributed by atoms with van der Waals surface area (Å²) in [7, 11) is 1.29. The lowest BCUT2D eigenvalue weighted by atomic mass is 9.95. The van der Waals surface area contributed by atoms with E-state index in [1.54, 1.807) is 36.1 Å². The van der Waals surface area contributed by atoms with Crippen molar-refractivity contribution in [2.24, 2.45) is 4.99 Å². The number of para-hydroxylation sites is 1. The summed E-state index contributed by atoms with van der Waals surface area (Å²) in [6.45, 7) is 7.58. The van der Waals surface area contributed by atoms with Crippen molar-refractivity contribution in [2.45, 2.75) is 19.9 Å². The summed E-state index contributed by atoms with van der Waals surface area (Å²) in [6.07, 6.45) is 1.45. The van der Waals surface area contributed by atoms with Crippen molar-refractivity contribution in [2.75, 3.05) is 25.2 Å². The number of nitrogens with zero attached hydrogens (tertiary/aromatic N) is 3. The molecule has 5 rings (SSSR count). The molecule has 1 amide bonds. The normalized spacial score (nSPS) is 17.4. The Bertz CT molecular complexity index is 1750. The standard InChI is InChI=1S/C29H25N3O6S/c1-5-15-38-28(36)21-16(3)30-29-32(23(21)17-11-13-18(14-12-17)27(35)37-4)26(34)24(39-29)22-19-9-7-8-10-20(19)31(6-2)25(22)33/h5,7-14,23H,1,6,15H2,2-4H3. The minimum Gasteiger partial charge on any atom is -0.465 e. The van der Waals surface area contributed by atoms with Gasteiger partial charge >= 0.3 is 11.9 Å². The van der Waals surface area contributed by atoms with Gasteiger partial charge in [-0.15, -0.1) is 0 Å². The highest BCUT2D eigenvalue weighted by atomic mass is 32.1. The number of ether oxygens (including phenoxy) is 2. The molecule has 0 spiro atoms. The number of hydrogen-bond acceptors (Lipinski definition) is 8. The van der Waals surface area contributed by atoms with Gasteiger partial charge in [0.2, 0.25) is 0 Å². The molecule has 0 radical (unpaired) electrons. The fourth-order valence-corrected chi connectivity index (χ4v) is 6.03. The summed E-state index contributed by atoms with van der Waals surface area (Å²) in [5.41, 5.74) is 2.73. The third-order valence-corrected chi connectivity index (χ3v) is 7.72. The van der Waals surface area contributed by atoms with E-state index in [4.69, 9.17) is 9.47 Å². The number of amides is 1. The van der Waals surface area contributed by atoms with Gasteiger partial charge in [0, 0.05) is 12.1 Å². The molecule has 2 aliphatic rings. The van der Waals surface area contributed by atoms with Crippen molar-refractivity contribution in [3.63, 3.8) is 0 Å². The fourth-order valence-electron chi connectivity index (χ4n) is 4.89. The number of fused-ring (bicyclic) bond motifs is 2. The lowest BCUT2D eigenvalue weighted by Crippen LogP contribution is -2.41. The Kier molecular flexibility index (Phi) is 6.88. The second-order valence-electron chi connectivity index (χ2n) is 8.84. The van der Waals surface area contributed by atoms with E-state index in [1.807, 2.05) is 31.2 Å². The van der Waals surface area contributed by atoms with E-state index in [9.17, 15) is 19.2 Å². The second-order valence-corrected chi connectivity index (χ2v) is 9.82. The molecule has 0 saturated heterocycles. The SMILES string of the molecule is C=CCOC(=O)C1=C(C)N=c2sc(=C3C(=O)N(CC)c4ccccc43)c(=O)n2C1c1ccc(C(=O)OC)cc1. The van der Waals surface area contributed by atoms with Crippen LogP contribution in [0.15, 0.2) is 82.2 Å². The Morgan fingerprint density at radius 3 is 2.49 bits per heavy atom. The summed E-state index contributed by atoms with van der Waals surface area (Å²) < 4.78 is 11.8. The van der Waals surface area contributed by atoms with Crippen LogP contribution in [0, 0.1) is 0 Å². The van der Waals surface area contributed by atoms with Gasteiger partial charge in [0.25, 0.3) is 11.5 Å². The lowest BCUT2D eigenvalue weighted by Gasteiger charge is -2.24. The number of methoxy groups -OCH3 is 1. The molecule has 39 heavy (non-hydrogen) atoms. The fraction of sp³-hybridized carbons (Fsp3) is 0.207. The minimum absolute atomic E-state index is 0.0175. The molecule has 3 heterocycles. The number of hydrogen-bond donors (Lipinski definition) is 0. The lowest BCUT2D eigenvalue weighted by molar-refractivity contribution is -0.138. The molecule has 0 N–H and O–H groups in total. The van der Waals surface area contributed by atoms with Crippen LogP contribution >= 0.6 is 11.3 Å². The van der Waals surface area contributed by atoms with Crippen LogP contribution < -0.4 is 19.8 Å². The van der Waals surface area contributed by atoms with Gasteiger partial charge in [0.1, 0.15) is 11.1 Å². The molecule has 0 bridgehead atoms. The van der Waals surface area contributed by atoms with E-state index < -0.39 is 23.5 Å². The summed E-state index contributed by atoms with van der Waals surface area (Å²) in [5, 5.41) is 0. The summed E-state index contributed by atoms with van der Waals surface area (Å²) in [6, 6.07) is 12.9. The van der Waals surface area contributed by atoms with E-state index in [0.29, 0.717) is 39.3 Å². The zero-order valence-electron chi connectivity index (χ0n) is 21.6. The molecule has 0 saturated carbocycles. The van der Waals surface area contributed by atoms with Gasteiger partial charge in [-0.1, -0.05) is 54.3 Å². The maximum Gasteiger partial charge on any atom is 0.338 e. The van der Waals surface area contributed by atoms with Crippen LogP contribution in [0.2, 0.25) is 0 Å². The Labute approximate surface area is 227 Å². The van der Waals surface area contributed by atoms with Gasteiger partial charge in [-0.2, -0.15) is 0 Å². The van der Waals surface area contributed by atoms with Crippen LogP contribution in [-0.4, -0.2) is 42.7 Å². The first-order chi connectivity index (χ1) is 18.8. The topological polar surface area (TPSA) is 107 Å². The van der Waals surface area contributed by atoms with Crippen molar-refractivity contribution in [1.82, 2.24) is 4.57 Å². The number of rotatable bonds is 6. The molecular weight excluding hydrogens is 518 g/mol. The van der Waals surface area contributed by atoms with Crippen LogP contribution in [0.4, 0.5) is 5.69 Å². The van der Waals surface area contributed by atoms with Gasteiger partial charge in [0.05, 0.1) is 41.2 Å². The van der Waals surface area contributed by atoms with Crippen LogP contribution in [-0.2, 0) is 19.1 Å². The van der Waals surface area contributed by atoms with Crippen LogP contribution in [0.3, 0.4) is 0 Å². The van der Waals surface area contributed by atoms with E-state index in [1.165, 1.54) is 17.8 Å². The molecule has 2 aliphatic heterocycles. The van der Waals surface area contributed by atoms with E-state index in [-0.39, 0.29) is 22.6 Å². The molecule has 3 aromatic rings. The first-order valence-corrected chi connectivity index (χ1v) is 13.1. The molecule has 2 aromatic carbocycles. The highest BCUT2D eigenvalue weighted by Crippen LogP contribution is 2.35. The minimum atomic E-state index is -0.895. The monoisotopic (exact) mass is 543 g/mol. The molecule has 1 unspecified atom stereocenters. The van der Waals surface area contributed by atoms with Gasteiger partial charge in [-0.25, -0.2) is 14.6 Å². The number of carbonyl (C=O) groups excluding carboxylic acids is 3. The van der Waals surface area contributed by atoms with Crippen molar-refractivity contribution < 1.29 is 23.9 Å². The molecule has 1 atom stereocenters. The molecular formula is C29H25N3O6S. The summed E-state index contributed by atoms with van der Waals surface area (Å²) in [4.78, 5) is 59.4. The summed E-state index contributed by atoms with van der Waals surface area (Å²) in [5.74, 6) is -1.41. The maximum absolute atomic E-state index is 14.1. The molecule has 0 aliphatic carbocycles. The molecule has 9 nitrogen and oxygen atoms in total. The number of carbonyl (C=O) groups is 3. The predicted molar refractivity (Wildman–Crippen MR) is 146 cm³/mol. The summed E-state index contributed by atoms with van der Waals surface area (Å²) >= 11 is 1.11. The van der Waals surface area contributed by atoms with Gasteiger partial charge in [-0.05, 0) is 37.6 Å². The maximum atomic E-state index is 14.1. The molecule has 10 heteroatoms. The van der Waals surface area contributed by atoms with Crippen LogP contribution in [0.1, 0.15) is 41.4 Å². The van der Waals surface area contributed by atoms with Crippen molar-refractivity contribution >= 4 is 40.4 Å². The first-order valence-electron chi connectivity index (χ1n) is 12.2. The van der Waals surface area contributed by atoms with Crippen LogP contribution in [0.5, 0.6) is 0 Å². The number of anilines is 1. The zero-order valence-corrected chi connectivity index (χ0v) is 22.4. The Hall–Kier alpha value is -4.57. The average molecular weight is 544 g/mol. The number of esters is 2. The Balaban J connectivity index is 1.77. The highest BCUT2D eigenvalue weighted by Gasteiger charge is 2.37. The van der Waals surface area contributed by atoms with Gasteiger partial charge in [0.15, 0.2) is 4.80 Å². The van der Waals surface area contributed by atoms with Crippen molar-refractivity contribution in [1.29, 1.82) is 0 Å². The van der Waals surface area contributed by atoms with E-state index in [2.05, 4.69) is 11.6 Å². The second kappa shape index (κ2) is 10.3. The number of benzene rings is 2. The Morgan fingerprint density at radius 1 is 1.10 bits per heavy atom. The predicted octanol–water partition coefficient (Wildman–Crippen LogP) is 2.49. The molecule has 198 valence electrons. The Morgan fingerprint density at radius 2 is 1.82 bits per heavy atom. The van der Waals surface area contributed by atoms with E-state index in [0.717, 1.165) is 17.0 Å². The van der Waals surface area contributed by atoms with Gasteiger partial charge in [-0.3, -0.25) is 14.2 Å². The first kappa shape index (κ1) is 26.1. The number of thiazole rings is 1. The van der Waals surface area contributed by atoms with Crippen LogP contribution in [0.25, 0.3) is 5.57 Å². The third-order valence-electron chi connectivity index (χ3n) is 6.66. The smallest absolute Gasteiger partial charge is 0.338 e. The van der Waals surface area contributed by atoms with Crippen molar-refractivity contribution in [3.05, 3.63) is 109 Å². The number of allylic oxidation sites excluding steroid dienone is 1. The van der Waals surface area contributed by atoms with Gasteiger partial charge < -0.3 is 14.4 Å². The van der Waals surface area contributed by atoms with E-state index >= 15 is 0 Å². The molecule has 1 aromatic heterocycles. The zero-order chi connectivity index (χ0) is 27.8. The number of likely N-dealkylation sites (N-methyl/N-ethyl adjacent to an activating group) is 1.